The number of benzene rings is 3. The molecule has 0 aromatic heterocycles. The Bertz CT molecular complexity index is 1390. The maximum absolute atomic E-state index is 14.0. The number of carbonyl (C=O) groups excluding carboxylic acids is 2. The molecule has 0 aliphatic rings. The molecule has 3 aromatic rings. The lowest BCUT2D eigenvalue weighted by Crippen LogP contribution is -2.55. The Hall–Kier alpha value is -3.56. The van der Waals surface area contributed by atoms with Gasteiger partial charge in [0.2, 0.25) is 11.8 Å². The van der Waals surface area contributed by atoms with Crippen LogP contribution in [0, 0.1) is 0 Å². The summed E-state index contributed by atoms with van der Waals surface area (Å²) >= 11 is 6.07. The van der Waals surface area contributed by atoms with Gasteiger partial charge in [-0.1, -0.05) is 48.9 Å². The number of methoxy groups -OCH3 is 1. The number of rotatable bonds is 11. The molecule has 0 aliphatic heterocycles. The van der Waals surface area contributed by atoms with Crippen LogP contribution in [0.3, 0.4) is 0 Å². The zero-order valence-corrected chi connectivity index (χ0v) is 25.0. The minimum absolute atomic E-state index is 0.0109. The van der Waals surface area contributed by atoms with E-state index in [1.807, 2.05) is 58.0 Å². The Labute approximate surface area is 241 Å². The molecule has 0 saturated carbocycles. The van der Waals surface area contributed by atoms with Crippen LogP contribution in [0.1, 0.15) is 39.7 Å². The van der Waals surface area contributed by atoms with Gasteiger partial charge in [-0.2, -0.15) is 0 Å². The van der Waals surface area contributed by atoms with Gasteiger partial charge in [0.05, 0.1) is 17.7 Å². The summed E-state index contributed by atoms with van der Waals surface area (Å²) in [6.45, 7) is 7.03. The summed E-state index contributed by atoms with van der Waals surface area (Å²) in [5, 5.41) is 3.38. The molecule has 1 N–H and O–H groups in total. The van der Waals surface area contributed by atoms with Crippen LogP contribution in [-0.2, 0) is 26.2 Å². The van der Waals surface area contributed by atoms with Gasteiger partial charge >= 0.3 is 0 Å². The molecule has 3 aromatic carbocycles. The first kappa shape index (κ1) is 31.0. The van der Waals surface area contributed by atoms with Crippen molar-refractivity contribution >= 4 is 39.1 Å². The van der Waals surface area contributed by atoms with Crippen molar-refractivity contribution in [2.45, 2.75) is 57.1 Å². The number of ether oxygens (including phenoxy) is 1. The molecule has 0 unspecified atom stereocenters. The van der Waals surface area contributed by atoms with E-state index in [1.165, 1.54) is 24.1 Å². The highest BCUT2D eigenvalue weighted by atomic mass is 35.5. The summed E-state index contributed by atoms with van der Waals surface area (Å²) in [5.41, 5.74) is 0.563. The molecule has 3 rings (SSSR count). The number of halogens is 1. The fraction of sp³-hybridized carbons (Fsp3) is 0.333. The number of anilines is 1. The van der Waals surface area contributed by atoms with Crippen LogP contribution in [0.5, 0.6) is 5.75 Å². The van der Waals surface area contributed by atoms with E-state index >= 15 is 0 Å². The van der Waals surface area contributed by atoms with Gasteiger partial charge in [-0.05, 0) is 81.3 Å². The third-order valence-electron chi connectivity index (χ3n) is 6.12. The topological polar surface area (TPSA) is 96.0 Å². The van der Waals surface area contributed by atoms with Gasteiger partial charge in [0.1, 0.15) is 18.3 Å². The molecule has 0 aliphatic carbocycles. The van der Waals surface area contributed by atoms with Gasteiger partial charge < -0.3 is 15.0 Å². The Kier molecular flexibility index (Phi) is 10.2. The average molecular weight is 586 g/mol. The van der Waals surface area contributed by atoms with Gasteiger partial charge in [-0.3, -0.25) is 13.9 Å². The van der Waals surface area contributed by atoms with Crippen LogP contribution >= 0.6 is 11.6 Å². The Morgan fingerprint density at radius 2 is 1.55 bits per heavy atom. The average Bonchev–Trinajstić information content (AvgIpc) is 2.91. The zero-order chi connectivity index (χ0) is 29.5. The molecule has 214 valence electrons. The smallest absolute Gasteiger partial charge is 0.264 e. The third-order valence-corrected chi connectivity index (χ3v) is 8.16. The van der Waals surface area contributed by atoms with E-state index in [0.29, 0.717) is 17.2 Å². The molecular weight excluding hydrogens is 550 g/mol. The summed E-state index contributed by atoms with van der Waals surface area (Å²) in [6, 6.07) is 20.6. The predicted molar refractivity (Wildman–Crippen MR) is 158 cm³/mol. The molecule has 0 radical (unpaired) electrons. The van der Waals surface area contributed by atoms with Crippen molar-refractivity contribution in [3.05, 3.63) is 89.4 Å². The van der Waals surface area contributed by atoms with Crippen LogP contribution in [0.25, 0.3) is 0 Å². The van der Waals surface area contributed by atoms with E-state index in [-0.39, 0.29) is 23.0 Å². The SMILES string of the molecule is CC[C@H](C(=O)NC(C)(C)C)N(Cc1ccccc1)C(=O)CN(c1ccc(Cl)cc1)S(=O)(=O)c1ccc(OC)cc1. The van der Waals surface area contributed by atoms with Gasteiger partial charge in [-0.15, -0.1) is 0 Å². The summed E-state index contributed by atoms with van der Waals surface area (Å²) < 4.78 is 34.0. The second-order valence-electron chi connectivity index (χ2n) is 10.3. The molecule has 0 fully saturated rings. The Morgan fingerprint density at radius 3 is 2.08 bits per heavy atom. The van der Waals surface area contributed by atoms with Gasteiger partial charge in [0.15, 0.2) is 0 Å². The summed E-state index contributed by atoms with van der Waals surface area (Å²) in [6.07, 6.45) is 0.340. The molecule has 0 heterocycles. The lowest BCUT2D eigenvalue weighted by atomic mass is 10.1. The van der Waals surface area contributed by atoms with Crippen LogP contribution in [0.2, 0.25) is 5.02 Å². The number of carbonyl (C=O) groups is 2. The maximum atomic E-state index is 14.0. The third kappa shape index (κ3) is 7.99. The number of nitrogens with zero attached hydrogens (tertiary/aromatic N) is 2. The van der Waals surface area contributed by atoms with E-state index < -0.39 is 34.1 Å². The highest BCUT2D eigenvalue weighted by Crippen LogP contribution is 2.27. The van der Waals surface area contributed by atoms with E-state index in [2.05, 4.69) is 5.32 Å². The predicted octanol–water partition coefficient (Wildman–Crippen LogP) is 5.27. The van der Waals surface area contributed by atoms with E-state index in [1.54, 1.807) is 36.4 Å². The normalized spacial score (nSPS) is 12.3. The standard InChI is InChI=1S/C30H36ClN3O5S/c1-6-27(29(36)32-30(2,3)4)33(20-22-10-8-7-9-11-22)28(35)21-34(24-14-12-23(31)13-15-24)40(37,38)26-18-16-25(39-5)17-19-26/h7-19,27H,6,20-21H2,1-5H3,(H,32,36)/t27-/m1/s1. The van der Waals surface area contributed by atoms with E-state index in [9.17, 15) is 18.0 Å². The second kappa shape index (κ2) is 13.2. The lowest BCUT2D eigenvalue weighted by molar-refractivity contribution is -0.141. The lowest BCUT2D eigenvalue weighted by Gasteiger charge is -2.34. The van der Waals surface area contributed by atoms with Crippen LogP contribution in [0.15, 0.2) is 83.8 Å². The van der Waals surface area contributed by atoms with Crippen molar-refractivity contribution in [3.63, 3.8) is 0 Å². The Balaban J connectivity index is 2.05. The van der Waals surface area contributed by atoms with Gasteiger partial charge in [0.25, 0.3) is 10.0 Å². The molecule has 8 nitrogen and oxygen atoms in total. The first-order valence-corrected chi connectivity index (χ1v) is 14.8. The molecule has 0 spiro atoms. The number of hydrogen-bond acceptors (Lipinski definition) is 5. The molecule has 2 amide bonds. The van der Waals surface area contributed by atoms with Crippen molar-refractivity contribution in [3.8, 4) is 5.75 Å². The first-order chi connectivity index (χ1) is 18.9. The molecule has 1 atom stereocenters. The summed E-state index contributed by atoms with van der Waals surface area (Å²) in [4.78, 5) is 28.8. The van der Waals surface area contributed by atoms with Gasteiger partial charge in [0, 0.05) is 17.1 Å². The molecule has 0 bridgehead atoms. The number of sulfonamides is 1. The fourth-order valence-corrected chi connectivity index (χ4v) is 5.70. The zero-order valence-electron chi connectivity index (χ0n) is 23.4. The molecule has 0 saturated heterocycles. The fourth-order valence-electron chi connectivity index (χ4n) is 4.16. The molecule has 10 heteroatoms. The van der Waals surface area contributed by atoms with Crippen molar-refractivity contribution in [1.82, 2.24) is 10.2 Å². The number of amides is 2. The maximum Gasteiger partial charge on any atom is 0.264 e. The van der Waals surface area contributed by atoms with Crippen LogP contribution in [0.4, 0.5) is 5.69 Å². The van der Waals surface area contributed by atoms with Crippen molar-refractivity contribution in [2.75, 3.05) is 18.0 Å². The summed E-state index contributed by atoms with van der Waals surface area (Å²) in [5.74, 6) is -0.333. The van der Waals surface area contributed by atoms with E-state index in [4.69, 9.17) is 16.3 Å². The van der Waals surface area contributed by atoms with Crippen molar-refractivity contribution in [2.24, 2.45) is 0 Å². The quantitative estimate of drug-likeness (QED) is 0.331. The van der Waals surface area contributed by atoms with Crippen LogP contribution in [-0.4, -0.2) is 50.4 Å². The minimum atomic E-state index is -4.19. The second-order valence-corrected chi connectivity index (χ2v) is 12.6. The molecule has 40 heavy (non-hydrogen) atoms. The minimum Gasteiger partial charge on any atom is -0.497 e. The first-order valence-electron chi connectivity index (χ1n) is 12.9. The highest BCUT2D eigenvalue weighted by molar-refractivity contribution is 7.92. The highest BCUT2D eigenvalue weighted by Gasteiger charge is 2.34. The van der Waals surface area contributed by atoms with E-state index in [0.717, 1.165) is 9.87 Å². The van der Waals surface area contributed by atoms with Crippen molar-refractivity contribution in [1.29, 1.82) is 0 Å². The summed E-state index contributed by atoms with van der Waals surface area (Å²) in [7, 11) is -2.70. The van der Waals surface area contributed by atoms with Gasteiger partial charge in [-0.25, -0.2) is 8.42 Å². The monoisotopic (exact) mass is 585 g/mol. The van der Waals surface area contributed by atoms with Crippen molar-refractivity contribution < 1.29 is 22.7 Å². The number of nitrogens with one attached hydrogen (secondary N) is 1. The van der Waals surface area contributed by atoms with Crippen LogP contribution < -0.4 is 14.4 Å². The largest absolute Gasteiger partial charge is 0.497 e. The number of hydrogen-bond donors (Lipinski definition) is 1. The Morgan fingerprint density at radius 1 is 0.950 bits per heavy atom. The molecular formula is C30H36ClN3O5S.